The molecule has 0 spiro atoms. The molecule has 1 aromatic rings. The molecule has 0 heterocycles. The van der Waals surface area contributed by atoms with Crippen LogP contribution >= 0.6 is 0 Å². The van der Waals surface area contributed by atoms with E-state index in [0.29, 0.717) is 12.5 Å². The highest BCUT2D eigenvalue weighted by Crippen LogP contribution is 2.10. The van der Waals surface area contributed by atoms with Crippen LogP contribution in [-0.4, -0.2) is 29.2 Å². The summed E-state index contributed by atoms with van der Waals surface area (Å²) >= 11 is 0. The summed E-state index contributed by atoms with van der Waals surface area (Å²) < 4.78 is 0. The van der Waals surface area contributed by atoms with Gasteiger partial charge in [0.05, 0.1) is 6.61 Å². The maximum Gasteiger partial charge on any atom is 0.0540 e. The summed E-state index contributed by atoms with van der Waals surface area (Å²) in [6.45, 7) is 8.76. The Bertz CT molecular complexity index is 415. The van der Waals surface area contributed by atoms with E-state index < -0.39 is 0 Å². The fourth-order valence-electron chi connectivity index (χ4n) is 1.86. The van der Waals surface area contributed by atoms with Crippen molar-refractivity contribution in [2.45, 2.75) is 39.8 Å². The number of aliphatic hydroxyl groups excluding tert-OH is 1. The molecule has 0 amide bonds. The SMILES string of the molecule is CCN(Cc1cccc(C#CCCO)c1)C(C)C. The summed E-state index contributed by atoms with van der Waals surface area (Å²) in [7, 11) is 0. The molecule has 1 aromatic carbocycles. The van der Waals surface area contributed by atoms with Crippen LogP contribution in [0.1, 0.15) is 38.3 Å². The van der Waals surface area contributed by atoms with Gasteiger partial charge in [0, 0.05) is 24.6 Å². The van der Waals surface area contributed by atoms with Gasteiger partial charge in [0.2, 0.25) is 0 Å². The van der Waals surface area contributed by atoms with E-state index in [2.05, 4.69) is 49.6 Å². The van der Waals surface area contributed by atoms with Gasteiger partial charge in [-0.15, -0.1) is 0 Å². The van der Waals surface area contributed by atoms with E-state index in [9.17, 15) is 0 Å². The molecular formula is C16H23NO. The first-order valence-corrected chi connectivity index (χ1v) is 6.60. The topological polar surface area (TPSA) is 23.5 Å². The normalized spacial score (nSPS) is 10.6. The molecule has 0 saturated heterocycles. The minimum absolute atomic E-state index is 0.129. The standard InChI is InChI=1S/C16H23NO/c1-4-17(14(2)3)13-16-10-7-9-15(12-16)8-5-6-11-18/h7,9-10,12,14,18H,4,6,11,13H2,1-3H3. The molecule has 0 bridgehead atoms. The third-order valence-corrected chi connectivity index (χ3v) is 2.92. The molecule has 0 aromatic heterocycles. The number of nitrogens with zero attached hydrogens (tertiary/aromatic N) is 1. The van der Waals surface area contributed by atoms with Crippen molar-refractivity contribution in [1.29, 1.82) is 0 Å². The number of rotatable bonds is 5. The van der Waals surface area contributed by atoms with Gasteiger partial charge in [0.1, 0.15) is 0 Å². The average molecular weight is 245 g/mol. The Morgan fingerprint density at radius 1 is 1.33 bits per heavy atom. The van der Waals surface area contributed by atoms with Gasteiger partial charge in [-0.3, -0.25) is 4.90 Å². The number of hydrogen-bond donors (Lipinski definition) is 1. The minimum Gasteiger partial charge on any atom is -0.395 e. The summed E-state index contributed by atoms with van der Waals surface area (Å²) in [5, 5.41) is 8.70. The lowest BCUT2D eigenvalue weighted by Gasteiger charge is -2.24. The number of aliphatic hydroxyl groups is 1. The van der Waals surface area contributed by atoms with Crippen LogP contribution in [0.4, 0.5) is 0 Å². The molecule has 2 heteroatoms. The highest BCUT2D eigenvalue weighted by atomic mass is 16.2. The number of hydrogen-bond acceptors (Lipinski definition) is 2. The highest BCUT2D eigenvalue weighted by molar-refractivity contribution is 5.37. The van der Waals surface area contributed by atoms with E-state index in [0.717, 1.165) is 18.7 Å². The van der Waals surface area contributed by atoms with E-state index >= 15 is 0 Å². The summed E-state index contributed by atoms with van der Waals surface area (Å²) in [6.07, 6.45) is 0.539. The lowest BCUT2D eigenvalue weighted by molar-refractivity contribution is 0.225. The Hall–Kier alpha value is -1.30. The predicted molar refractivity (Wildman–Crippen MR) is 76.2 cm³/mol. The molecule has 0 fully saturated rings. The van der Waals surface area contributed by atoms with Gasteiger partial charge < -0.3 is 5.11 Å². The molecular weight excluding hydrogens is 222 g/mol. The van der Waals surface area contributed by atoms with Gasteiger partial charge in [-0.25, -0.2) is 0 Å². The molecule has 0 aliphatic rings. The van der Waals surface area contributed by atoms with E-state index in [1.54, 1.807) is 0 Å². The van der Waals surface area contributed by atoms with Crippen molar-refractivity contribution in [2.24, 2.45) is 0 Å². The van der Waals surface area contributed by atoms with Gasteiger partial charge in [0.25, 0.3) is 0 Å². The zero-order chi connectivity index (χ0) is 13.4. The van der Waals surface area contributed by atoms with Gasteiger partial charge in [-0.2, -0.15) is 0 Å². The third kappa shape index (κ3) is 4.91. The monoisotopic (exact) mass is 245 g/mol. The third-order valence-electron chi connectivity index (χ3n) is 2.92. The van der Waals surface area contributed by atoms with E-state index in [1.165, 1.54) is 5.56 Å². The van der Waals surface area contributed by atoms with Gasteiger partial charge >= 0.3 is 0 Å². The smallest absolute Gasteiger partial charge is 0.0540 e. The largest absolute Gasteiger partial charge is 0.395 e. The first kappa shape index (κ1) is 14.8. The molecule has 0 unspecified atom stereocenters. The lowest BCUT2D eigenvalue weighted by Crippen LogP contribution is -2.29. The van der Waals surface area contributed by atoms with Crippen molar-refractivity contribution in [2.75, 3.05) is 13.2 Å². The zero-order valence-electron chi connectivity index (χ0n) is 11.6. The molecule has 0 saturated carbocycles. The van der Waals surface area contributed by atoms with Crippen LogP contribution in [0, 0.1) is 11.8 Å². The second kappa shape index (κ2) is 7.92. The fraction of sp³-hybridized carbons (Fsp3) is 0.500. The van der Waals surface area contributed by atoms with E-state index in [4.69, 9.17) is 5.11 Å². The van der Waals surface area contributed by atoms with Crippen molar-refractivity contribution < 1.29 is 5.11 Å². The molecule has 1 rings (SSSR count). The maximum absolute atomic E-state index is 8.70. The molecule has 0 aliphatic heterocycles. The number of benzene rings is 1. The van der Waals surface area contributed by atoms with Crippen LogP contribution in [0.2, 0.25) is 0 Å². The van der Waals surface area contributed by atoms with Crippen molar-refractivity contribution in [3.8, 4) is 11.8 Å². The Morgan fingerprint density at radius 2 is 2.11 bits per heavy atom. The molecule has 0 aliphatic carbocycles. The second-order valence-corrected chi connectivity index (χ2v) is 4.63. The summed E-state index contributed by atoms with van der Waals surface area (Å²) in [5.41, 5.74) is 2.32. The van der Waals surface area contributed by atoms with Crippen LogP contribution in [0.25, 0.3) is 0 Å². The lowest BCUT2D eigenvalue weighted by atomic mass is 10.1. The van der Waals surface area contributed by atoms with Crippen molar-refractivity contribution in [1.82, 2.24) is 4.90 Å². The van der Waals surface area contributed by atoms with Crippen molar-refractivity contribution in [3.05, 3.63) is 35.4 Å². The van der Waals surface area contributed by atoms with Crippen LogP contribution in [0.5, 0.6) is 0 Å². The molecule has 0 atom stereocenters. The zero-order valence-corrected chi connectivity index (χ0v) is 11.6. The Balaban J connectivity index is 2.73. The molecule has 0 radical (unpaired) electrons. The Labute approximate surface area is 111 Å². The molecule has 18 heavy (non-hydrogen) atoms. The first-order chi connectivity index (χ1) is 8.67. The van der Waals surface area contributed by atoms with Crippen LogP contribution in [0.3, 0.4) is 0 Å². The van der Waals surface area contributed by atoms with Crippen molar-refractivity contribution in [3.63, 3.8) is 0 Å². The summed E-state index contributed by atoms with van der Waals surface area (Å²) in [6, 6.07) is 8.89. The quantitative estimate of drug-likeness (QED) is 0.806. The van der Waals surface area contributed by atoms with E-state index in [1.807, 2.05) is 12.1 Å². The fourth-order valence-corrected chi connectivity index (χ4v) is 1.86. The van der Waals surface area contributed by atoms with Crippen molar-refractivity contribution >= 4 is 0 Å². The highest BCUT2D eigenvalue weighted by Gasteiger charge is 2.07. The maximum atomic E-state index is 8.70. The molecule has 1 N–H and O–H groups in total. The van der Waals surface area contributed by atoms with Crippen LogP contribution < -0.4 is 0 Å². The van der Waals surface area contributed by atoms with Gasteiger partial charge in [-0.05, 0) is 38.1 Å². The minimum atomic E-state index is 0.129. The van der Waals surface area contributed by atoms with Crippen LogP contribution in [-0.2, 0) is 6.54 Å². The first-order valence-electron chi connectivity index (χ1n) is 6.60. The van der Waals surface area contributed by atoms with Gasteiger partial charge in [0.15, 0.2) is 0 Å². The summed E-state index contributed by atoms with van der Waals surface area (Å²) in [5.74, 6) is 6.03. The van der Waals surface area contributed by atoms with Gasteiger partial charge in [-0.1, -0.05) is 30.9 Å². The predicted octanol–water partition coefficient (Wildman–Crippen LogP) is 2.65. The Morgan fingerprint density at radius 3 is 2.72 bits per heavy atom. The second-order valence-electron chi connectivity index (χ2n) is 4.63. The average Bonchev–Trinajstić information content (AvgIpc) is 2.36. The van der Waals surface area contributed by atoms with Crippen LogP contribution in [0.15, 0.2) is 24.3 Å². The molecule has 98 valence electrons. The van der Waals surface area contributed by atoms with E-state index in [-0.39, 0.29) is 6.61 Å². The molecule has 2 nitrogen and oxygen atoms in total. The summed E-state index contributed by atoms with van der Waals surface area (Å²) in [4.78, 5) is 2.42. The Kier molecular flexibility index (Phi) is 6.49.